The molecule has 0 unspecified atom stereocenters. The Morgan fingerprint density at radius 2 is 1.83 bits per heavy atom. The third kappa shape index (κ3) is 5.20. The number of nitrogens with zero attached hydrogens (tertiary/aromatic N) is 1. The fourth-order valence-electron chi connectivity index (χ4n) is 4.11. The Hall–Kier alpha value is -1.10. The van der Waals surface area contributed by atoms with Crippen molar-refractivity contribution in [1.29, 1.82) is 0 Å². The van der Waals surface area contributed by atoms with Gasteiger partial charge in [-0.3, -0.25) is 9.59 Å². The predicted octanol–water partition coefficient (Wildman–Crippen LogP) is 2.44. The molecule has 0 aromatic heterocycles. The molecule has 2 amide bonds. The second-order valence-corrected chi connectivity index (χ2v) is 7.74. The van der Waals surface area contributed by atoms with Crippen LogP contribution in [0.25, 0.3) is 0 Å². The normalized spacial score (nSPS) is 21.5. The number of nitrogens with two attached hydrogens (primary N) is 1. The van der Waals surface area contributed by atoms with E-state index in [1.165, 1.54) is 19.3 Å². The molecule has 1 saturated carbocycles. The van der Waals surface area contributed by atoms with Crippen LogP contribution >= 0.6 is 0 Å². The molecule has 0 bridgehead atoms. The van der Waals surface area contributed by atoms with E-state index in [4.69, 9.17) is 5.73 Å². The Kier molecular flexibility index (Phi) is 7.53. The lowest BCUT2D eigenvalue weighted by Crippen LogP contribution is -2.45. The third-order valence-corrected chi connectivity index (χ3v) is 5.92. The van der Waals surface area contributed by atoms with Gasteiger partial charge in [0.2, 0.25) is 11.8 Å². The van der Waals surface area contributed by atoms with Crippen molar-refractivity contribution in [2.45, 2.75) is 71.1 Å². The van der Waals surface area contributed by atoms with Crippen molar-refractivity contribution in [2.24, 2.45) is 17.1 Å². The van der Waals surface area contributed by atoms with Gasteiger partial charge < -0.3 is 16.0 Å². The summed E-state index contributed by atoms with van der Waals surface area (Å²) in [7, 11) is 0. The fraction of sp³-hybridized carbons (Fsp3) is 0.895. The van der Waals surface area contributed by atoms with Gasteiger partial charge >= 0.3 is 0 Å². The number of hydrogen-bond acceptors (Lipinski definition) is 3. The van der Waals surface area contributed by atoms with E-state index < -0.39 is 0 Å². The lowest BCUT2D eigenvalue weighted by molar-refractivity contribution is -0.138. The summed E-state index contributed by atoms with van der Waals surface area (Å²) in [4.78, 5) is 26.8. The molecule has 1 aliphatic heterocycles. The number of carbonyl (C=O) groups excluding carboxylic acids is 2. The number of rotatable bonds is 7. The summed E-state index contributed by atoms with van der Waals surface area (Å²) in [5.74, 6) is 0.484. The summed E-state index contributed by atoms with van der Waals surface area (Å²) in [6.07, 6.45) is 10.1. The quantitative estimate of drug-likeness (QED) is 0.701. The predicted molar refractivity (Wildman–Crippen MR) is 96.4 cm³/mol. The van der Waals surface area contributed by atoms with Crippen molar-refractivity contribution in [3.63, 3.8) is 0 Å². The highest BCUT2D eigenvalue weighted by molar-refractivity contribution is 5.80. The molecule has 1 saturated heterocycles. The van der Waals surface area contributed by atoms with Crippen LogP contribution in [0.5, 0.6) is 0 Å². The smallest absolute Gasteiger partial charge is 0.223 e. The number of likely N-dealkylation sites (tertiary alicyclic amines) is 1. The molecule has 1 aliphatic carbocycles. The van der Waals surface area contributed by atoms with E-state index in [0.29, 0.717) is 26.1 Å². The van der Waals surface area contributed by atoms with E-state index in [-0.39, 0.29) is 23.1 Å². The van der Waals surface area contributed by atoms with Crippen molar-refractivity contribution in [3.05, 3.63) is 0 Å². The Morgan fingerprint density at radius 1 is 1.17 bits per heavy atom. The van der Waals surface area contributed by atoms with Crippen LogP contribution in [0.15, 0.2) is 0 Å². The second kappa shape index (κ2) is 9.40. The first-order valence-electron chi connectivity index (χ1n) is 9.86. The standard InChI is InChI=1S/C19H35N3O2/c1-2-3-11-21-18(24)16-7-12-22(13-8-16)17(23)14-19(15-20)9-5-4-6-10-19/h16H,2-15,20H2,1H3,(H,21,24). The monoisotopic (exact) mass is 337 g/mol. The molecule has 0 aromatic rings. The van der Waals surface area contributed by atoms with Crippen LogP contribution in [-0.2, 0) is 9.59 Å². The highest BCUT2D eigenvalue weighted by atomic mass is 16.2. The van der Waals surface area contributed by atoms with Crippen LogP contribution in [0.3, 0.4) is 0 Å². The highest BCUT2D eigenvalue weighted by Crippen LogP contribution is 2.39. The van der Waals surface area contributed by atoms with E-state index in [2.05, 4.69) is 12.2 Å². The van der Waals surface area contributed by atoms with Gasteiger partial charge in [0.15, 0.2) is 0 Å². The summed E-state index contributed by atoms with van der Waals surface area (Å²) >= 11 is 0. The molecule has 3 N–H and O–H groups in total. The Bertz CT molecular complexity index is 411. The molecule has 24 heavy (non-hydrogen) atoms. The third-order valence-electron chi connectivity index (χ3n) is 5.92. The van der Waals surface area contributed by atoms with E-state index in [1.54, 1.807) is 0 Å². The molecular formula is C19H35N3O2. The number of nitrogens with one attached hydrogen (secondary N) is 1. The first kappa shape index (κ1) is 19.2. The second-order valence-electron chi connectivity index (χ2n) is 7.74. The minimum Gasteiger partial charge on any atom is -0.356 e. The minimum atomic E-state index is 0.0315. The molecular weight excluding hydrogens is 302 g/mol. The molecule has 2 fully saturated rings. The number of amides is 2. The molecule has 1 heterocycles. The fourth-order valence-corrected chi connectivity index (χ4v) is 4.11. The number of hydrogen-bond donors (Lipinski definition) is 2. The van der Waals surface area contributed by atoms with E-state index in [9.17, 15) is 9.59 Å². The summed E-state index contributed by atoms with van der Waals surface area (Å²) in [5.41, 5.74) is 6.04. The minimum absolute atomic E-state index is 0.0315. The largest absolute Gasteiger partial charge is 0.356 e. The van der Waals surface area contributed by atoms with E-state index in [0.717, 1.165) is 45.1 Å². The Morgan fingerprint density at radius 3 is 2.42 bits per heavy atom. The maximum atomic E-state index is 12.7. The molecule has 2 aliphatic rings. The van der Waals surface area contributed by atoms with Crippen LogP contribution in [-0.4, -0.2) is 42.9 Å². The van der Waals surface area contributed by atoms with Gasteiger partial charge in [0.25, 0.3) is 0 Å². The lowest BCUT2D eigenvalue weighted by atomic mass is 9.71. The van der Waals surface area contributed by atoms with Gasteiger partial charge in [-0.05, 0) is 44.1 Å². The van der Waals surface area contributed by atoms with Crippen molar-refractivity contribution in [2.75, 3.05) is 26.2 Å². The van der Waals surface area contributed by atoms with Gasteiger partial charge in [-0.15, -0.1) is 0 Å². The lowest BCUT2D eigenvalue weighted by Gasteiger charge is -2.38. The van der Waals surface area contributed by atoms with Crippen molar-refractivity contribution < 1.29 is 9.59 Å². The van der Waals surface area contributed by atoms with Gasteiger partial charge in [-0.25, -0.2) is 0 Å². The SMILES string of the molecule is CCCCNC(=O)C1CCN(C(=O)CC2(CN)CCCCC2)CC1. The summed E-state index contributed by atoms with van der Waals surface area (Å²) in [5, 5.41) is 3.02. The van der Waals surface area contributed by atoms with Gasteiger partial charge in [0.1, 0.15) is 0 Å². The molecule has 5 heteroatoms. The summed E-state index contributed by atoms with van der Waals surface area (Å²) < 4.78 is 0. The number of unbranched alkanes of at least 4 members (excludes halogenated alkanes) is 1. The molecule has 0 aromatic carbocycles. The van der Waals surface area contributed by atoms with Crippen molar-refractivity contribution in [1.82, 2.24) is 10.2 Å². The molecule has 0 spiro atoms. The molecule has 0 atom stereocenters. The van der Waals surface area contributed by atoms with Crippen LogP contribution in [0.4, 0.5) is 0 Å². The first-order chi connectivity index (χ1) is 11.6. The van der Waals surface area contributed by atoms with Gasteiger partial charge in [-0.2, -0.15) is 0 Å². The van der Waals surface area contributed by atoms with Crippen LogP contribution in [0, 0.1) is 11.3 Å². The maximum absolute atomic E-state index is 12.7. The van der Waals surface area contributed by atoms with E-state index >= 15 is 0 Å². The van der Waals surface area contributed by atoms with E-state index in [1.807, 2.05) is 4.90 Å². The number of piperidine rings is 1. The summed E-state index contributed by atoms with van der Waals surface area (Å²) in [6.45, 7) is 4.94. The molecule has 2 rings (SSSR count). The Balaban J connectivity index is 1.76. The zero-order chi connectivity index (χ0) is 17.4. The molecule has 0 radical (unpaired) electrons. The topological polar surface area (TPSA) is 75.4 Å². The van der Waals surface area contributed by atoms with Gasteiger partial charge in [-0.1, -0.05) is 32.6 Å². The van der Waals surface area contributed by atoms with Gasteiger partial charge in [0.05, 0.1) is 0 Å². The molecule has 138 valence electrons. The van der Waals surface area contributed by atoms with Crippen LogP contribution in [0.1, 0.15) is 71.1 Å². The zero-order valence-corrected chi connectivity index (χ0v) is 15.3. The number of carbonyl (C=O) groups is 2. The van der Waals surface area contributed by atoms with Crippen LogP contribution < -0.4 is 11.1 Å². The first-order valence-corrected chi connectivity index (χ1v) is 9.86. The highest BCUT2D eigenvalue weighted by Gasteiger charge is 2.35. The average Bonchev–Trinajstić information content (AvgIpc) is 2.62. The average molecular weight is 338 g/mol. The van der Waals surface area contributed by atoms with Crippen LogP contribution in [0.2, 0.25) is 0 Å². The summed E-state index contributed by atoms with van der Waals surface area (Å²) in [6, 6.07) is 0. The van der Waals surface area contributed by atoms with Crippen molar-refractivity contribution >= 4 is 11.8 Å². The maximum Gasteiger partial charge on any atom is 0.223 e. The zero-order valence-electron chi connectivity index (χ0n) is 15.3. The Labute approximate surface area is 146 Å². The van der Waals surface area contributed by atoms with Crippen molar-refractivity contribution in [3.8, 4) is 0 Å². The molecule has 5 nitrogen and oxygen atoms in total. The van der Waals surface area contributed by atoms with Gasteiger partial charge in [0, 0.05) is 32.0 Å².